The van der Waals surface area contributed by atoms with Crippen molar-refractivity contribution in [1.29, 1.82) is 0 Å². The molecule has 3 heterocycles. The van der Waals surface area contributed by atoms with Crippen LogP contribution < -0.4 is 15.4 Å². The lowest BCUT2D eigenvalue weighted by Crippen LogP contribution is -2.22. The van der Waals surface area contributed by atoms with Crippen LogP contribution >= 0.6 is 11.6 Å². The normalized spacial score (nSPS) is 11.9. The van der Waals surface area contributed by atoms with Crippen LogP contribution in [0.4, 0.5) is 16.2 Å². The third-order valence-corrected chi connectivity index (χ3v) is 4.29. The van der Waals surface area contributed by atoms with E-state index in [2.05, 4.69) is 30.8 Å². The summed E-state index contributed by atoms with van der Waals surface area (Å²) in [4.78, 5) is 22.2. The summed E-state index contributed by atoms with van der Waals surface area (Å²) in [6.07, 6.45) is 7.24. The van der Waals surface area contributed by atoms with Crippen molar-refractivity contribution in [3.05, 3.63) is 47.6 Å². The lowest BCUT2D eigenvalue weighted by Gasteiger charge is -2.21. The number of nitrogens with one attached hydrogen (secondary N) is 2. The number of nitrogens with zero attached hydrogens (tertiary/aromatic N) is 5. The molecule has 0 saturated heterocycles. The van der Waals surface area contributed by atoms with Gasteiger partial charge in [-0.3, -0.25) is 4.98 Å². The molecule has 3 aromatic heterocycles. The molecule has 2 N–H and O–H groups in total. The van der Waals surface area contributed by atoms with E-state index in [0.29, 0.717) is 28.5 Å². The highest BCUT2D eigenvalue weighted by atomic mass is 35.5. The topological polar surface area (TPSA) is 116 Å². The lowest BCUT2D eigenvalue weighted by atomic mass is 10.1. The molecule has 11 heteroatoms. The Bertz CT molecular complexity index is 1010. The number of pyridine rings is 2. The molecule has 0 radical (unpaired) electrons. The second-order valence-electron chi connectivity index (χ2n) is 6.57. The van der Waals surface area contributed by atoms with Crippen molar-refractivity contribution in [2.75, 3.05) is 17.7 Å². The molecule has 3 aromatic rings. The van der Waals surface area contributed by atoms with Gasteiger partial charge in [0.05, 0.1) is 59.6 Å². The van der Waals surface area contributed by atoms with Crippen molar-refractivity contribution in [2.45, 2.75) is 33.0 Å². The van der Waals surface area contributed by atoms with Gasteiger partial charge in [0.25, 0.3) is 0 Å². The highest BCUT2D eigenvalue weighted by Gasteiger charge is 2.20. The minimum absolute atomic E-state index is 0.0605. The first-order chi connectivity index (χ1) is 14.4. The van der Waals surface area contributed by atoms with Crippen LogP contribution in [0, 0.1) is 0 Å². The first kappa shape index (κ1) is 21.5. The highest BCUT2D eigenvalue weighted by Crippen LogP contribution is 2.34. The zero-order valence-corrected chi connectivity index (χ0v) is 17.7. The van der Waals surface area contributed by atoms with Gasteiger partial charge >= 0.3 is 6.03 Å². The van der Waals surface area contributed by atoms with Gasteiger partial charge in [-0.2, -0.15) is 10.2 Å². The Hall–Kier alpha value is -3.24. The number of anilines is 2. The van der Waals surface area contributed by atoms with E-state index >= 15 is 0 Å². The fraction of sp³-hybridized carbons (Fsp3) is 0.316. The van der Waals surface area contributed by atoms with Crippen LogP contribution in [0.25, 0.3) is 5.82 Å². The van der Waals surface area contributed by atoms with Crippen LogP contribution in [-0.2, 0) is 4.74 Å². The van der Waals surface area contributed by atoms with Gasteiger partial charge in [-0.25, -0.2) is 9.78 Å². The zero-order valence-electron chi connectivity index (χ0n) is 17.0. The molecule has 158 valence electrons. The maximum atomic E-state index is 12.6. The predicted octanol–water partition coefficient (Wildman–Crippen LogP) is 3.85. The standard InChI is InChI=1S/C19H22ClN7O3/c1-11(2)30-16-10-21-9-15(17(16)12(3)29-4)26-19(28)25-13-7-14(20)18(22-8-13)27-23-5-6-24-27/h5-12H,1-4H3,(H2,25,26,28). The minimum atomic E-state index is -0.495. The van der Waals surface area contributed by atoms with E-state index < -0.39 is 6.03 Å². The number of rotatable bonds is 7. The summed E-state index contributed by atoms with van der Waals surface area (Å²) in [5.41, 5.74) is 1.56. The fourth-order valence-electron chi connectivity index (χ4n) is 2.69. The SMILES string of the molecule is COC(C)c1c(NC(=O)Nc2cnc(-n3nccn3)c(Cl)c2)cncc1OC(C)C. The Labute approximate surface area is 178 Å². The summed E-state index contributed by atoms with van der Waals surface area (Å²) < 4.78 is 11.3. The van der Waals surface area contributed by atoms with Gasteiger partial charge in [0.1, 0.15) is 5.75 Å². The molecular weight excluding hydrogens is 410 g/mol. The maximum Gasteiger partial charge on any atom is 0.323 e. The monoisotopic (exact) mass is 431 g/mol. The summed E-state index contributed by atoms with van der Waals surface area (Å²) in [6.45, 7) is 5.68. The van der Waals surface area contributed by atoms with Gasteiger partial charge in [-0.05, 0) is 26.8 Å². The summed E-state index contributed by atoms with van der Waals surface area (Å²) in [7, 11) is 1.58. The van der Waals surface area contributed by atoms with Crippen molar-refractivity contribution in [3.63, 3.8) is 0 Å². The Morgan fingerprint density at radius 1 is 1.13 bits per heavy atom. The average molecular weight is 432 g/mol. The molecule has 1 unspecified atom stereocenters. The largest absolute Gasteiger partial charge is 0.489 e. The predicted molar refractivity (Wildman–Crippen MR) is 112 cm³/mol. The minimum Gasteiger partial charge on any atom is -0.489 e. The van der Waals surface area contributed by atoms with E-state index in [9.17, 15) is 4.79 Å². The molecule has 0 aromatic carbocycles. The Balaban J connectivity index is 1.78. The number of amides is 2. The molecular formula is C19H22ClN7O3. The second kappa shape index (κ2) is 9.51. The number of ether oxygens (including phenoxy) is 2. The van der Waals surface area contributed by atoms with E-state index in [1.807, 2.05) is 20.8 Å². The van der Waals surface area contributed by atoms with Gasteiger partial charge in [0.15, 0.2) is 5.82 Å². The van der Waals surface area contributed by atoms with Crippen molar-refractivity contribution in [1.82, 2.24) is 25.0 Å². The average Bonchev–Trinajstić information content (AvgIpc) is 3.21. The molecule has 3 rings (SSSR count). The molecule has 0 saturated carbocycles. The molecule has 0 aliphatic heterocycles. The van der Waals surface area contributed by atoms with E-state index in [0.717, 1.165) is 0 Å². The summed E-state index contributed by atoms with van der Waals surface area (Å²) in [6, 6.07) is 1.06. The first-order valence-corrected chi connectivity index (χ1v) is 9.54. The van der Waals surface area contributed by atoms with Crippen LogP contribution in [-0.4, -0.2) is 44.2 Å². The molecule has 2 amide bonds. The molecule has 0 spiro atoms. The number of carbonyl (C=O) groups excluding carboxylic acids is 1. The quantitative estimate of drug-likeness (QED) is 0.583. The van der Waals surface area contributed by atoms with Gasteiger partial charge in [0, 0.05) is 12.7 Å². The highest BCUT2D eigenvalue weighted by molar-refractivity contribution is 6.32. The third kappa shape index (κ3) is 5.02. The zero-order chi connectivity index (χ0) is 21.7. The van der Waals surface area contributed by atoms with Crippen LogP contribution in [0.15, 0.2) is 37.1 Å². The number of urea groups is 1. The van der Waals surface area contributed by atoms with Crippen LogP contribution in [0.3, 0.4) is 0 Å². The van der Waals surface area contributed by atoms with E-state index in [1.165, 1.54) is 29.6 Å². The second-order valence-corrected chi connectivity index (χ2v) is 6.98. The molecule has 1 atom stereocenters. The van der Waals surface area contributed by atoms with Crippen LogP contribution in [0.1, 0.15) is 32.4 Å². The number of methoxy groups -OCH3 is 1. The molecule has 0 aliphatic carbocycles. The van der Waals surface area contributed by atoms with Crippen molar-refractivity contribution in [3.8, 4) is 11.6 Å². The summed E-state index contributed by atoms with van der Waals surface area (Å²) in [5, 5.41) is 13.7. The number of aromatic nitrogens is 5. The van der Waals surface area contributed by atoms with Crippen molar-refractivity contribution < 1.29 is 14.3 Å². The Morgan fingerprint density at radius 3 is 2.50 bits per heavy atom. The molecule has 30 heavy (non-hydrogen) atoms. The molecule has 0 bridgehead atoms. The van der Waals surface area contributed by atoms with Gasteiger partial charge in [0.2, 0.25) is 0 Å². The Morgan fingerprint density at radius 2 is 1.87 bits per heavy atom. The van der Waals surface area contributed by atoms with E-state index in [1.54, 1.807) is 19.4 Å². The first-order valence-electron chi connectivity index (χ1n) is 9.16. The fourth-order valence-corrected chi connectivity index (χ4v) is 2.93. The molecule has 0 aliphatic rings. The number of hydrogen-bond donors (Lipinski definition) is 2. The smallest absolute Gasteiger partial charge is 0.323 e. The van der Waals surface area contributed by atoms with Crippen molar-refractivity contribution in [2.24, 2.45) is 0 Å². The molecule has 10 nitrogen and oxygen atoms in total. The Kier molecular flexibility index (Phi) is 6.80. The maximum absolute atomic E-state index is 12.6. The van der Waals surface area contributed by atoms with E-state index in [4.69, 9.17) is 21.1 Å². The van der Waals surface area contributed by atoms with Crippen LogP contribution in [0.5, 0.6) is 5.75 Å². The van der Waals surface area contributed by atoms with Gasteiger partial charge in [-0.15, -0.1) is 4.80 Å². The number of halogens is 1. The van der Waals surface area contributed by atoms with Crippen LogP contribution in [0.2, 0.25) is 5.02 Å². The number of carbonyl (C=O) groups is 1. The van der Waals surface area contributed by atoms with Crippen molar-refractivity contribution >= 4 is 29.0 Å². The number of hydrogen-bond acceptors (Lipinski definition) is 7. The third-order valence-electron chi connectivity index (χ3n) is 4.01. The molecule has 0 fully saturated rings. The summed E-state index contributed by atoms with van der Waals surface area (Å²) >= 11 is 6.24. The lowest BCUT2D eigenvalue weighted by molar-refractivity contribution is 0.114. The van der Waals surface area contributed by atoms with Gasteiger partial charge in [-0.1, -0.05) is 11.6 Å². The summed E-state index contributed by atoms with van der Waals surface area (Å²) in [5.74, 6) is 0.893. The van der Waals surface area contributed by atoms with Gasteiger partial charge < -0.3 is 20.1 Å². The van der Waals surface area contributed by atoms with E-state index in [-0.39, 0.29) is 17.2 Å².